The van der Waals surface area contributed by atoms with Crippen LogP contribution in [-0.2, 0) is 4.79 Å². The van der Waals surface area contributed by atoms with Gasteiger partial charge in [-0.25, -0.2) is 4.98 Å². The lowest BCUT2D eigenvalue weighted by atomic mass is 10.2. The molecule has 0 N–H and O–H groups in total. The molecule has 1 saturated carbocycles. The zero-order chi connectivity index (χ0) is 16.5. The van der Waals surface area contributed by atoms with Crippen LogP contribution < -0.4 is 4.74 Å². The number of para-hydroxylation sites is 1. The van der Waals surface area contributed by atoms with Crippen LogP contribution in [0.25, 0.3) is 0 Å². The van der Waals surface area contributed by atoms with Crippen molar-refractivity contribution in [3.63, 3.8) is 0 Å². The van der Waals surface area contributed by atoms with Gasteiger partial charge in [-0.3, -0.25) is 4.79 Å². The maximum Gasteiger partial charge on any atom is 0.260 e. The van der Waals surface area contributed by atoms with Crippen molar-refractivity contribution in [2.45, 2.75) is 38.1 Å². The van der Waals surface area contributed by atoms with E-state index in [-0.39, 0.29) is 12.5 Å². The lowest BCUT2D eigenvalue weighted by molar-refractivity contribution is -0.132. The topological polar surface area (TPSA) is 47.4 Å². The van der Waals surface area contributed by atoms with Crippen molar-refractivity contribution in [2.75, 3.05) is 19.7 Å². The monoisotopic (exact) mass is 325 g/mol. The number of nitrogens with zero attached hydrogens (tertiary/aromatic N) is 3. The highest BCUT2D eigenvalue weighted by Gasteiger charge is 2.34. The third-order valence-corrected chi connectivity index (χ3v) is 4.94. The van der Waals surface area contributed by atoms with Crippen LogP contribution >= 0.6 is 0 Å². The largest absolute Gasteiger partial charge is 0.484 e. The molecule has 2 fully saturated rings. The summed E-state index contributed by atoms with van der Waals surface area (Å²) in [5.41, 5.74) is 1.21. The number of hydrogen-bond acceptors (Lipinski definition) is 3. The minimum absolute atomic E-state index is 0.0621. The van der Waals surface area contributed by atoms with E-state index in [1.165, 1.54) is 24.4 Å². The summed E-state index contributed by atoms with van der Waals surface area (Å²) in [6, 6.07) is 9.85. The molecule has 24 heavy (non-hydrogen) atoms. The average molecular weight is 325 g/mol. The van der Waals surface area contributed by atoms with Crippen LogP contribution in [0.1, 0.15) is 42.7 Å². The van der Waals surface area contributed by atoms with Gasteiger partial charge in [-0.2, -0.15) is 0 Å². The van der Waals surface area contributed by atoms with Crippen LogP contribution in [0.5, 0.6) is 5.75 Å². The van der Waals surface area contributed by atoms with Gasteiger partial charge in [0.05, 0.1) is 6.04 Å². The first-order valence-corrected chi connectivity index (χ1v) is 8.71. The number of ether oxygens (including phenoxy) is 1. The molecule has 2 aliphatic rings. The number of imidazole rings is 1. The lowest BCUT2D eigenvalue weighted by Gasteiger charge is -2.20. The molecule has 1 atom stereocenters. The number of aryl methyl sites for hydroxylation is 1. The van der Waals surface area contributed by atoms with E-state index in [1.54, 1.807) is 0 Å². The summed E-state index contributed by atoms with van der Waals surface area (Å²) in [5, 5.41) is 0. The predicted octanol–water partition coefficient (Wildman–Crippen LogP) is 2.92. The molecule has 0 radical (unpaired) electrons. The molecule has 126 valence electrons. The van der Waals surface area contributed by atoms with Gasteiger partial charge in [0.25, 0.3) is 5.91 Å². The number of aromatic nitrogens is 2. The highest BCUT2D eigenvalue weighted by Crippen LogP contribution is 2.41. The van der Waals surface area contributed by atoms with E-state index >= 15 is 0 Å². The van der Waals surface area contributed by atoms with E-state index in [4.69, 9.17) is 4.74 Å². The molecule has 0 bridgehead atoms. The minimum Gasteiger partial charge on any atom is -0.484 e. The highest BCUT2D eigenvalue weighted by molar-refractivity contribution is 5.78. The van der Waals surface area contributed by atoms with Gasteiger partial charge < -0.3 is 14.2 Å². The Bertz CT molecular complexity index is 721. The Labute approximate surface area is 142 Å². The first-order valence-electron chi connectivity index (χ1n) is 8.71. The van der Waals surface area contributed by atoms with Gasteiger partial charge in [-0.1, -0.05) is 18.2 Å². The molecule has 1 aromatic carbocycles. The Morgan fingerprint density at radius 3 is 2.79 bits per heavy atom. The van der Waals surface area contributed by atoms with Gasteiger partial charge in [0, 0.05) is 30.9 Å². The minimum atomic E-state index is 0.0621. The van der Waals surface area contributed by atoms with Gasteiger partial charge in [0.2, 0.25) is 0 Å². The SMILES string of the molecule is Cc1cnc(C2CC2)n1C1CCN(C(=O)COc2ccccc2)C1. The van der Waals surface area contributed by atoms with Gasteiger partial charge in [-0.15, -0.1) is 0 Å². The summed E-state index contributed by atoms with van der Waals surface area (Å²) in [5.74, 6) is 2.65. The van der Waals surface area contributed by atoms with Crippen molar-refractivity contribution in [2.24, 2.45) is 0 Å². The Morgan fingerprint density at radius 1 is 1.25 bits per heavy atom. The summed E-state index contributed by atoms with van der Waals surface area (Å²) in [6.45, 7) is 3.77. The molecule has 1 aliphatic heterocycles. The molecule has 5 heteroatoms. The smallest absolute Gasteiger partial charge is 0.260 e. The van der Waals surface area contributed by atoms with Crippen LogP contribution in [0, 0.1) is 6.92 Å². The lowest BCUT2D eigenvalue weighted by Crippen LogP contribution is -2.33. The van der Waals surface area contributed by atoms with Crippen molar-refractivity contribution in [3.05, 3.63) is 48.0 Å². The first-order chi connectivity index (χ1) is 11.7. The van der Waals surface area contributed by atoms with E-state index in [9.17, 15) is 4.79 Å². The van der Waals surface area contributed by atoms with Crippen LogP contribution in [0.15, 0.2) is 36.5 Å². The standard InChI is InChI=1S/C19H23N3O2/c1-14-11-20-19(15-7-8-15)22(14)16-9-10-21(12-16)18(23)13-24-17-5-3-2-4-6-17/h2-6,11,15-16H,7-10,12-13H2,1H3. The maximum atomic E-state index is 12.4. The zero-order valence-corrected chi connectivity index (χ0v) is 14.0. The quantitative estimate of drug-likeness (QED) is 0.849. The molecule has 2 aromatic rings. The molecule has 0 spiro atoms. The zero-order valence-electron chi connectivity index (χ0n) is 14.0. The Hall–Kier alpha value is -2.30. The number of hydrogen-bond donors (Lipinski definition) is 0. The predicted molar refractivity (Wildman–Crippen MR) is 91.1 cm³/mol. The number of rotatable bonds is 5. The molecule has 1 unspecified atom stereocenters. The summed E-state index contributed by atoms with van der Waals surface area (Å²) in [4.78, 5) is 18.9. The van der Waals surface area contributed by atoms with Crippen molar-refractivity contribution >= 4 is 5.91 Å². The fourth-order valence-electron chi connectivity index (χ4n) is 3.52. The Morgan fingerprint density at radius 2 is 2.04 bits per heavy atom. The Kier molecular flexibility index (Phi) is 4.00. The number of carbonyl (C=O) groups excluding carboxylic acids is 1. The summed E-state index contributed by atoms with van der Waals surface area (Å²) in [6.07, 6.45) is 5.46. The van der Waals surface area contributed by atoms with Crippen molar-refractivity contribution in [1.82, 2.24) is 14.5 Å². The van der Waals surface area contributed by atoms with Crippen LogP contribution in [0.3, 0.4) is 0 Å². The van der Waals surface area contributed by atoms with Gasteiger partial charge in [0.15, 0.2) is 6.61 Å². The first kappa shape index (κ1) is 15.2. The molecule has 1 saturated heterocycles. The van der Waals surface area contributed by atoms with Crippen LogP contribution in [-0.4, -0.2) is 40.1 Å². The van der Waals surface area contributed by atoms with E-state index in [0.29, 0.717) is 12.0 Å². The third-order valence-electron chi connectivity index (χ3n) is 4.94. The Balaban J connectivity index is 1.38. The van der Waals surface area contributed by atoms with E-state index in [0.717, 1.165) is 25.3 Å². The maximum absolute atomic E-state index is 12.4. The van der Waals surface area contributed by atoms with E-state index < -0.39 is 0 Å². The number of likely N-dealkylation sites (tertiary alicyclic amines) is 1. The van der Waals surface area contributed by atoms with E-state index in [2.05, 4.69) is 16.5 Å². The highest BCUT2D eigenvalue weighted by atomic mass is 16.5. The van der Waals surface area contributed by atoms with Crippen LogP contribution in [0.2, 0.25) is 0 Å². The fourth-order valence-corrected chi connectivity index (χ4v) is 3.52. The molecular formula is C19H23N3O2. The van der Waals surface area contributed by atoms with E-state index in [1.807, 2.05) is 41.4 Å². The second-order valence-electron chi connectivity index (χ2n) is 6.79. The molecule has 5 nitrogen and oxygen atoms in total. The normalized spacial score (nSPS) is 20.4. The number of benzene rings is 1. The van der Waals surface area contributed by atoms with Crippen molar-refractivity contribution in [3.8, 4) is 5.75 Å². The molecule has 1 aromatic heterocycles. The average Bonchev–Trinajstić information content (AvgIpc) is 3.21. The van der Waals surface area contributed by atoms with Crippen LogP contribution in [0.4, 0.5) is 0 Å². The molecule has 1 amide bonds. The second kappa shape index (κ2) is 6.30. The van der Waals surface area contributed by atoms with Gasteiger partial charge in [-0.05, 0) is 38.3 Å². The summed E-state index contributed by atoms with van der Waals surface area (Å²) >= 11 is 0. The van der Waals surface area contributed by atoms with Crippen molar-refractivity contribution in [1.29, 1.82) is 0 Å². The third kappa shape index (κ3) is 3.03. The molecule has 2 heterocycles. The molecular weight excluding hydrogens is 302 g/mol. The number of amides is 1. The molecule has 4 rings (SSSR count). The van der Waals surface area contributed by atoms with Gasteiger partial charge >= 0.3 is 0 Å². The summed E-state index contributed by atoms with van der Waals surface area (Å²) in [7, 11) is 0. The van der Waals surface area contributed by atoms with Gasteiger partial charge in [0.1, 0.15) is 11.6 Å². The fraction of sp³-hybridized carbons (Fsp3) is 0.474. The second-order valence-corrected chi connectivity index (χ2v) is 6.79. The van der Waals surface area contributed by atoms with Crippen molar-refractivity contribution < 1.29 is 9.53 Å². The number of carbonyl (C=O) groups is 1. The molecule has 1 aliphatic carbocycles. The summed E-state index contributed by atoms with van der Waals surface area (Å²) < 4.78 is 7.96.